The molecule has 0 atom stereocenters. The lowest BCUT2D eigenvalue weighted by atomic mass is 10.2. The first-order valence-corrected chi connectivity index (χ1v) is 5.24. The Morgan fingerprint density at radius 2 is 2.07 bits per heavy atom. The van der Waals surface area contributed by atoms with Gasteiger partial charge in [-0.1, -0.05) is 13.8 Å². The van der Waals surface area contributed by atoms with E-state index in [2.05, 4.69) is 13.8 Å². The van der Waals surface area contributed by atoms with Gasteiger partial charge in [0.1, 0.15) is 0 Å². The summed E-state index contributed by atoms with van der Waals surface area (Å²) in [6.45, 7) is 4.11. The predicted octanol–water partition coefficient (Wildman–Crippen LogP) is 1.87. The van der Waals surface area contributed by atoms with Crippen LogP contribution in [0.15, 0.2) is 23.1 Å². The van der Waals surface area contributed by atoms with Crippen LogP contribution in [0.5, 0.6) is 0 Å². The molecule has 1 amide bonds. The molecule has 0 radical (unpaired) electrons. The van der Waals surface area contributed by atoms with E-state index in [1.165, 1.54) is 0 Å². The van der Waals surface area contributed by atoms with Crippen LogP contribution in [0.4, 0.5) is 5.69 Å². The quantitative estimate of drug-likeness (QED) is 0.591. The Morgan fingerprint density at radius 3 is 2.57 bits per heavy atom. The van der Waals surface area contributed by atoms with Crippen molar-refractivity contribution in [2.24, 2.45) is 5.73 Å². The predicted molar refractivity (Wildman–Crippen MR) is 60.4 cm³/mol. The first kappa shape index (κ1) is 10.9. The second kappa shape index (κ2) is 4.37. The van der Waals surface area contributed by atoms with Crippen molar-refractivity contribution in [1.29, 1.82) is 0 Å². The van der Waals surface area contributed by atoms with E-state index in [1.54, 1.807) is 30.0 Å². The molecule has 0 aliphatic rings. The number of amides is 1. The molecule has 1 aromatic carbocycles. The van der Waals surface area contributed by atoms with Gasteiger partial charge in [0.25, 0.3) is 0 Å². The molecule has 0 aromatic heterocycles. The summed E-state index contributed by atoms with van der Waals surface area (Å²) in [5, 5.41) is 0.398. The zero-order valence-corrected chi connectivity index (χ0v) is 9.10. The molecule has 1 aromatic rings. The van der Waals surface area contributed by atoms with Gasteiger partial charge in [-0.05, 0) is 18.2 Å². The van der Waals surface area contributed by atoms with Crippen molar-refractivity contribution < 1.29 is 4.79 Å². The third kappa shape index (κ3) is 2.67. The lowest BCUT2D eigenvalue weighted by molar-refractivity contribution is 0.0997. The highest BCUT2D eigenvalue weighted by molar-refractivity contribution is 8.00. The molecule has 0 spiro atoms. The molecule has 1 rings (SSSR count). The van der Waals surface area contributed by atoms with Gasteiger partial charge in [0.05, 0.1) is 5.56 Å². The van der Waals surface area contributed by atoms with Crippen molar-refractivity contribution >= 4 is 23.4 Å². The van der Waals surface area contributed by atoms with E-state index in [4.69, 9.17) is 11.5 Å². The maximum atomic E-state index is 11.1. The SMILES string of the molecule is CC(C)Sc1cc(N)ccc1C(N)=O. The molecule has 0 bridgehead atoms. The largest absolute Gasteiger partial charge is 0.399 e. The zero-order chi connectivity index (χ0) is 10.7. The summed E-state index contributed by atoms with van der Waals surface area (Å²) in [7, 11) is 0. The molecule has 0 saturated heterocycles. The lowest BCUT2D eigenvalue weighted by Gasteiger charge is -2.09. The molecule has 0 fully saturated rings. The maximum absolute atomic E-state index is 11.1. The molecule has 3 nitrogen and oxygen atoms in total. The van der Waals surface area contributed by atoms with Crippen molar-refractivity contribution in [2.75, 3.05) is 5.73 Å². The number of anilines is 1. The number of benzene rings is 1. The van der Waals surface area contributed by atoms with E-state index < -0.39 is 5.91 Å². The van der Waals surface area contributed by atoms with Crippen LogP contribution in [0.1, 0.15) is 24.2 Å². The van der Waals surface area contributed by atoms with Gasteiger partial charge in [-0.25, -0.2) is 0 Å². The third-order valence-electron chi connectivity index (χ3n) is 1.63. The molecule has 4 heteroatoms. The average molecular weight is 210 g/mol. The highest BCUT2D eigenvalue weighted by Crippen LogP contribution is 2.28. The molecule has 0 saturated carbocycles. The molecular weight excluding hydrogens is 196 g/mol. The van der Waals surface area contributed by atoms with Gasteiger partial charge < -0.3 is 11.5 Å². The summed E-state index contributed by atoms with van der Waals surface area (Å²) in [4.78, 5) is 11.9. The number of nitrogen functional groups attached to an aromatic ring is 1. The number of thioether (sulfide) groups is 1. The van der Waals surface area contributed by atoms with E-state index in [0.717, 1.165) is 4.90 Å². The van der Waals surface area contributed by atoms with Crippen LogP contribution >= 0.6 is 11.8 Å². The van der Waals surface area contributed by atoms with E-state index in [9.17, 15) is 4.79 Å². The Bertz CT molecular complexity index is 350. The molecule has 4 N–H and O–H groups in total. The standard InChI is InChI=1S/C10H14N2OS/c1-6(2)14-9-5-7(11)3-4-8(9)10(12)13/h3-6H,11H2,1-2H3,(H2,12,13). The summed E-state index contributed by atoms with van der Waals surface area (Å²) in [6.07, 6.45) is 0. The summed E-state index contributed by atoms with van der Waals surface area (Å²) < 4.78 is 0. The Balaban J connectivity index is 3.09. The monoisotopic (exact) mass is 210 g/mol. The Morgan fingerprint density at radius 1 is 1.43 bits per heavy atom. The number of carbonyl (C=O) groups is 1. The normalized spacial score (nSPS) is 10.5. The Labute approximate surface area is 87.9 Å². The van der Waals surface area contributed by atoms with Gasteiger partial charge in [0, 0.05) is 15.8 Å². The summed E-state index contributed by atoms with van der Waals surface area (Å²) >= 11 is 1.59. The fourth-order valence-corrected chi connectivity index (χ4v) is 2.10. The smallest absolute Gasteiger partial charge is 0.249 e. The van der Waals surface area contributed by atoms with Crippen LogP contribution in [0.2, 0.25) is 0 Å². The zero-order valence-electron chi connectivity index (χ0n) is 8.28. The number of hydrogen-bond acceptors (Lipinski definition) is 3. The summed E-state index contributed by atoms with van der Waals surface area (Å²) in [6, 6.07) is 5.14. The third-order valence-corrected chi connectivity index (χ3v) is 2.70. The second-order valence-electron chi connectivity index (χ2n) is 3.29. The first-order valence-electron chi connectivity index (χ1n) is 4.36. The molecule has 0 aliphatic heterocycles. The van der Waals surface area contributed by atoms with Gasteiger partial charge in [-0.3, -0.25) is 4.79 Å². The highest BCUT2D eigenvalue weighted by Gasteiger charge is 2.10. The molecule has 0 unspecified atom stereocenters. The van der Waals surface area contributed by atoms with Crippen molar-refractivity contribution in [3.05, 3.63) is 23.8 Å². The Hall–Kier alpha value is -1.16. The fraction of sp³-hybridized carbons (Fsp3) is 0.300. The van der Waals surface area contributed by atoms with Crippen molar-refractivity contribution in [3.8, 4) is 0 Å². The van der Waals surface area contributed by atoms with Crippen LogP contribution in [0.25, 0.3) is 0 Å². The molecular formula is C10H14N2OS. The minimum Gasteiger partial charge on any atom is -0.399 e. The van der Waals surface area contributed by atoms with E-state index in [0.29, 0.717) is 16.5 Å². The molecule has 0 heterocycles. The average Bonchev–Trinajstić information content (AvgIpc) is 2.01. The van der Waals surface area contributed by atoms with Crippen LogP contribution in [0, 0.1) is 0 Å². The minimum atomic E-state index is -0.409. The number of hydrogen-bond donors (Lipinski definition) is 2. The molecule has 14 heavy (non-hydrogen) atoms. The van der Waals surface area contributed by atoms with Gasteiger partial charge in [0.15, 0.2) is 0 Å². The number of carbonyl (C=O) groups excluding carboxylic acids is 1. The summed E-state index contributed by atoms with van der Waals surface area (Å²) in [5.41, 5.74) is 12.1. The fourth-order valence-electron chi connectivity index (χ4n) is 1.09. The van der Waals surface area contributed by atoms with E-state index in [1.807, 2.05) is 0 Å². The van der Waals surface area contributed by atoms with Crippen molar-refractivity contribution in [3.63, 3.8) is 0 Å². The van der Waals surface area contributed by atoms with Crippen molar-refractivity contribution in [2.45, 2.75) is 24.0 Å². The number of nitrogens with two attached hydrogens (primary N) is 2. The topological polar surface area (TPSA) is 69.1 Å². The van der Waals surface area contributed by atoms with Crippen molar-refractivity contribution in [1.82, 2.24) is 0 Å². The van der Waals surface area contributed by atoms with Gasteiger partial charge in [-0.2, -0.15) is 0 Å². The lowest BCUT2D eigenvalue weighted by Crippen LogP contribution is -2.12. The molecule has 0 aliphatic carbocycles. The van der Waals surface area contributed by atoms with Crippen LogP contribution in [-0.2, 0) is 0 Å². The van der Waals surface area contributed by atoms with Crippen LogP contribution in [-0.4, -0.2) is 11.2 Å². The molecule has 76 valence electrons. The minimum absolute atomic E-state index is 0.398. The van der Waals surface area contributed by atoms with Gasteiger partial charge in [0.2, 0.25) is 5.91 Å². The summed E-state index contributed by atoms with van der Waals surface area (Å²) in [5.74, 6) is -0.409. The van der Waals surface area contributed by atoms with Crippen LogP contribution in [0.3, 0.4) is 0 Å². The van der Waals surface area contributed by atoms with Gasteiger partial charge >= 0.3 is 0 Å². The second-order valence-corrected chi connectivity index (χ2v) is 4.90. The van der Waals surface area contributed by atoms with Gasteiger partial charge in [-0.15, -0.1) is 11.8 Å². The van der Waals surface area contributed by atoms with E-state index >= 15 is 0 Å². The number of rotatable bonds is 3. The Kier molecular flexibility index (Phi) is 3.41. The highest BCUT2D eigenvalue weighted by atomic mass is 32.2. The number of primary amides is 1. The first-order chi connectivity index (χ1) is 6.50. The van der Waals surface area contributed by atoms with Crippen LogP contribution < -0.4 is 11.5 Å². The maximum Gasteiger partial charge on any atom is 0.249 e. The van der Waals surface area contributed by atoms with E-state index in [-0.39, 0.29) is 0 Å².